The molecule has 3 nitrogen and oxygen atoms in total. The third-order valence-corrected chi connectivity index (χ3v) is 2.75. The van der Waals surface area contributed by atoms with Crippen molar-refractivity contribution in [3.8, 4) is 5.75 Å². The average Bonchev–Trinajstić information content (AvgIpc) is 2.16. The van der Waals surface area contributed by atoms with Crippen LogP contribution in [0.25, 0.3) is 0 Å². The van der Waals surface area contributed by atoms with Crippen LogP contribution in [0.3, 0.4) is 0 Å². The number of hydrogen-bond acceptors (Lipinski definition) is 3. The van der Waals surface area contributed by atoms with Crippen molar-refractivity contribution in [2.75, 3.05) is 7.11 Å². The number of hydrogen-bond donors (Lipinski definition) is 2. The average molecular weight is 200 g/mol. The van der Waals surface area contributed by atoms with Crippen LogP contribution in [0.2, 0.25) is 0 Å². The second-order valence-electron chi connectivity index (χ2n) is 2.64. The SMILES string of the molecule is CCc1cc(OC)ccc1P(O)O. The number of rotatable bonds is 3. The first-order valence-corrected chi connectivity index (χ1v) is 5.28. The minimum absolute atomic E-state index is 0.610. The van der Waals surface area contributed by atoms with Gasteiger partial charge in [0.15, 0.2) is 8.38 Å². The van der Waals surface area contributed by atoms with Crippen molar-refractivity contribution in [1.82, 2.24) is 0 Å². The second-order valence-corrected chi connectivity index (χ2v) is 3.70. The van der Waals surface area contributed by atoms with E-state index in [-0.39, 0.29) is 0 Å². The lowest BCUT2D eigenvalue weighted by molar-refractivity contribution is 0.414. The third-order valence-electron chi connectivity index (χ3n) is 1.88. The van der Waals surface area contributed by atoms with E-state index in [1.807, 2.05) is 13.0 Å². The van der Waals surface area contributed by atoms with Gasteiger partial charge in [0.25, 0.3) is 0 Å². The van der Waals surface area contributed by atoms with Crippen molar-refractivity contribution in [3.05, 3.63) is 23.8 Å². The quantitative estimate of drug-likeness (QED) is 0.720. The maximum absolute atomic E-state index is 9.08. The molecule has 0 amide bonds. The minimum Gasteiger partial charge on any atom is -0.497 e. The fourth-order valence-electron chi connectivity index (χ4n) is 1.17. The molecule has 0 aromatic heterocycles. The van der Waals surface area contributed by atoms with Gasteiger partial charge in [-0.1, -0.05) is 6.92 Å². The van der Waals surface area contributed by atoms with E-state index in [0.717, 1.165) is 17.7 Å². The van der Waals surface area contributed by atoms with Gasteiger partial charge in [-0.25, -0.2) is 0 Å². The van der Waals surface area contributed by atoms with Crippen molar-refractivity contribution in [1.29, 1.82) is 0 Å². The zero-order chi connectivity index (χ0) is 9.84. The standard InChI is InChI=1S/C9H13O3P/c1-3-7-6-8(12-2)4-5-9(7)13(10)11/h4-6,10-11H,3H2,1-2H3. The first kappa shape index (κ1) is 10.5. The number of methoxy groups -OCH3 is 1. The summed E-state index contributed by atoms with van der Waals surface area (Å²) in [6, 6.07) is 5.26. The smallest absolute Gasteiger partial charge is 0.199 e. The van der Waals surface area contributed by atoms with Crippen LogP contribution >= 0.6 is 8.38 Å². The Labute approximate surface area is 78.9 Å². The molecule has 0 heterocycles. The van der Waals surface area contributed by atoms with Crippen LogP contribution in [-0.2, 0) is 6.42 Å². The molecule has 0 unspecified atom stereocenters. The molecular formula is C9H13O3P. The summed E-state index contributed by atoms with van der Waals surface area (Å²) in [5.74, 6) is 0.748. The summed E-state index contributed by atoms with van der Waals surface area (Å²) in [7, 11) is -0.403. The number of ether oxygens (including phenoxy) is 1. The predicted octanol–water partition coefficient (Wildman–Crippen LogP) is 1.18. The van der Waals surface area contributed by atoms with Crippen molar-refractivity contribution < 1.29 is 14.5 Å². The van der Waals surface area contributed by atoms with E-state index in [4.69, 9.17) is 14.5 Å². The van der Waals surface area contributed by atoms with E-state index in [2.05, 4.69) is 0 Å². The Morgan fingerprint density at radius 3 is 2.54 bits per heavy atom. The highest BCUT2D eigenvalue weighted by atomic mass is 31.2. The van der Waals surface area contributed by atoms with Gasteiger partial charge in [0.2, 0.25) is 0 Å². The van der Waals surface area contributed by atoms with Gasteiger partial charge in [0.05, 0.1) is 7.11 Å². The second kappa shape index (κ2) is 4.56. The molecule has 13 heavy (non-hydrogen) atoms. The van der Waals surface area contributed by atoms with E-state index in [9.17, 15) is 0 Å². The predicted molar refractivity (Wildman–Crippen MR) is 53.4 cm³/mol. The molecule has 0 aliphatic carbocycles. The van der Waals surface area contributed by atoms with Gasteiger partial charge >= 0.3 is 0 Å². The van der Waals surface area contributed by atoms with E-state index >= 15 is 0 Å². The van der Waals surface area contributed by atoms with Gasteiger partial charge in [0, 0.05) is 5.30 Å². The fourth-order valence-corrected chi connectivity index (χ4v) is 1.85. The minimum atomic E-state index is -2.00. The maximum atomic E-state index is 9.08. The highest BCUT2D eigenvalue weighted by molar-refractivity contribution is 7.54. The highest BCUT2D eigenvalue weighted by Crippen LogP contribution is 2.26. The Hall–Kier alpha value is -0.630. The largest absolute Gasteiger partial charge is 0.497 e. The van der Waals surface area contributed by atoms with Crippen LogP contribution in [0.4, 0.5) is 0 Å². The Bertz CT molecular complexity index is 286. The Morgan fingerprint density at radius 1 is 1.38 bits per heavy atom. The highest BCUT2D eigenvalue weighted by Gasteiger charge is 2.09. The zero-order valence-electron chi connectivity index (χ0n) is 7.69. The molecule has 0 aliphatic heterocycles. The summed E-state index contributed by atoms with van der Waals surface area (Å²) in [4.78, 5) is 18.2. The van der Waals surface area contributed by atoms with Gasteiger partial charge in [-0.05, 0) is 30.2 Å². The molecule has 1 rings (SSSR count). The monoisotopic (exact) mass is 200 g/mol. The summed E-state index contributed by atoms with van der Waals surface area (Å²) in [5.41, 5.74) is 0.926. The first-order valence-electron chi connectivity index (χ1n) is 4.03. The summed E-state index contributed by atoms with van der Waals surface area (Å²) in [6.45, 7) is 1.97. The van der Waals surface area contributed by atoms with Crippen LogP contribution < -0.4 is 10.0 Å². The lowest BCUT2D eigenvalue weighted by atomic mass is 10.1. The lowest BCUT2D eigenvalue weighted by Gasteiger charge is -2.10. The topological polar surface area (TPSA) is 49.7 Å². The molecular weight excluding hydrogens is 187 g/mol. The van der Waals surface area contributed by atoms with Gasteiger partial charge < -0.3 is 14.5 Å². The van der Waals surface area contributed by atoms with Crippen LogP contribution in [0.1, 0.15) is 12.5 Å². The third kappa shape index (κ3) is 2.41. The Balaban J connectivity index is 3.08. The van der Waals surface area contributed by atoms with E-state index < -0.39 is 8.38 Å². The number of aryl methyl sites for hydroxylation is 1. The summed E-state index contributed by atoms with van der Waals surface area (Å²) < 4.78 is 5.04. The molecule has 0 saturated heterocycles. The molecule has 1 aromatic carbocycles. The molecule has 0 bridgehead atoms. The van der Waals surface area contributed by atoms with Gasteiger partial charge in [-0.15, -0.1) is 0 Å². The van der Waals surface area contributed by atoms with Gasteiger partial charge in [0.1, 0.15) is 5.75 Å². The molecule has 0 radical (unpaired) electrons. The molecule has 1 aromatic rings. The van der Waals surface area contributed by atoms with E-state index in [0.29, 0.717) is 5.30 Å². The van der Waals surface area contributed by atoms with Crippen LogP contribution in [-0.4, -0.2) is 16.9 Å². The normalized spacial score (nSPS) is 10.5. The molecule has 2 N–H and O–H groups in total. The number of benzene rings is 1. The zero-order valence-corrected chi connectivity index (χ0v) is 8.58. The summed E-state index contributed by atoms with van der Waals surface area (Å²) >= 11 is 0. The molecule has 72 valence electrons. The van der Waals surface area contributed by atoms with Crippen LogP contribution in [0.5, 0.6) is 5.75 Å². The van der Waals surface area contributed by atoms with E-state index in [1.54, 1.807) is 19.2 Å². The molecule has 0 atom stereocenters. The van der Waals surface area contributed by atoms with Crippen molar-refractivity contribution >= 4 is 13.7 Å². The van der Waals surface area contributed by atoms with Crippen LogP contribution in [0.15, 0.2) is 18.2 Å². The maximum Gasteiger partial charge on any atom is 0.199 e. The molecule has 4 heteroatoms. The van der Waals surface area contributed by atoms with E-state index in [1.165, 1.54) is 0 Å². The molecule has 0 spiro atoms. The summed E-state index contributed by atoms with van der Waals surface area (Å²) in [5, 5.41) is 0.610. The molecule has 0 aliphatic rings. The Kier molecular flexibility index (Phi) is 3.67. The fraction of sp³-hybridized carbons (Fsp3) is 0.333. The molecule has 0 fully saturated rings. The summed E-state index contributed by atoms with van der Waals surface area (Å²) in [6.07, 6.45) is 0.770. The molecule has 0 saturated carbocycles. The Morgan fingerprint density at radius 2 is 2.08 bits per heavy atom. The van der Waals surface area contributed by atoms with Gasteiger partial charge in [-0.2, -0.15) is 0 Å². The first-order chi connectivity index (χ1) is 6.19. The van der Waals surface area contributed by atoms with Crippen molar-refractivity contribution in [3.63, 3.8) is 0 Å². The van der Waals surface area contributed by atoms with Crippen molar-refractivity contribution in [2.24, 2.45) is 0 Å². The lowest BCUT2D eigenvalue weighted by Crippen LogP contribution is -2.07. The van der Waals surface area contributed by atoms with Crippen molar-refractivity contribution in [2.45, 2.75) is 13.3 Å². The van der Waals surface area contributed by atoms with Gasteiger partial charge in [-0.3, -0.25) is 0 Å². The van der Waals surface area contributed by atoms with Crippen LogP contribution in [0, 0.1) is 0 Å².